The number of anilines is 1. The first-order valence-electron chi connectivity index (χ1n) is 8.88. The predicted octanol–water partition coefficient (Wildman–Crippen LogP) is 2.85. The second-order valence-electron chi connectivity index (χ2n) is 6.30. The summed E-state index contributed by atoms with van der Waals surface area (Å²) in [4.78, 5) is 33.2. The van der Waals surface area contributed by atoms with Crippen LogP contribution in [0.1, 0.15) is 17.0 Å². The molecule has 0 unspecified atom stereocenters. The fraction of sp³-hybridized carbons (Fsp3) is 0.316. The molecule has 0 atom stereocenters. The first-order chi connectivity index (χ1) is 14.3. The largest absolute Gasteiger partial charge is 0.495 e. The highest BCUT2D eigenvalue weighted by atomic mass is 35.5. The van der Waals surface area contributed by atoms with Crippen LogP contribution in [0.25, 0.3) is 5.78 Å². The van der Waals surface area contributed by atoms with Gasteiger partial charge in [-0.1, -0.05) is 23.4 Å². The zero-order valence-electron chi connectivity index (χ0n) is 16.9. The first kappa shape index (κ1) is 21.8. The molecule has 9 nitrogen and oxygen atoms in total. The number of amides is 1. The van der Waals surface area contributed by atoms with Gasteiger partial charge in [0.15, 0.2) is 6.61 Å². The molecule has 2 aromatic heterocycles. The van der Waals surface area contributed by atoms with Crippen LogP contribution in [0.3, 0.4) is 0 Å². The van der Waals surface area contributed by atoms with Crippen LogP contribution in [0.5, 0.6) is 5.75 Å². The van der Waals surface area contributed by atoms with E-state index in [-0.39, 0.29) is 6.42 Å². The number of carbonyl (C=O) groups is 2. The molecule has 30 heavy (non-hydrogen) atoms. The van der Waals surface area contributed by atoms with Crippen molar-refractivity contribution in [2.45, 2.75) is 25.4 Å². The van der Waals surface area contributed by atoms with Crippen LogP contribution < -0.4 is 10.1 Å². The summed E-state index contributed by atoms with van der Waals surface area (Å²) in [6.07, 6.45) is 1.84. The average Bonchev–Trinajstić information content (AvgIpc) is 3.13. The highest BCUT2D eigenvalue weighted by Gasteiger charge is 2.18. The zero-order valence-corrected chi connectivity index (χ0v) is 18.4. The van der Waals surface area contributed by atoms with E-state index in [0.29, 0.717) is 38.7 Å². The maximum atomic E-state index is 12.3. The van der Waals surface area contributed by atoms with E-state index in [9.17, 15) is 9.59 Å². The average molecular weight is 450 g/mol. The quantitative estimate of drug-likeness (QED) is 0.433. The number of rotatable bonds is 7. The van der Waals surface area contributed by atoms with Crippen LogP contribution in [0, 0.1) is 13.8 Å². The standard InChI is InChI=1S/C19H20ClN5O4S/c1-10-13(11(2)25-18(21-10)23-19(24-25)30-4)8-17(27)29-9-16(26)22-14-7-12(20)5-6-15(14)28-3/h5-7H,8-9H2,1-4H3,(H,22,26). The number of methoxy groups -OCH3 is 1. The Morgan fingerprint density at radius 1 is 1.27 bits per heavy atom. The Kier molecular flexibility index (Phi) is 6.78. The molecule has 158 valence electrons. The SMILES string of the molecule is COc1ccc(Cl)cc1NC(=O)COC(=O)Cc1c(C)nc2nc(SC)nn2c1C. The number of esters is 1. The number of thioether (sulfide) groups is 1. The molecule has 1 aromatic carbocycles. The lowest BCUT2D eigenvalue weighted by Gasteiger charge is -2.12. The molecule has 0 aliphatic carbocycles. The van der Waals surface area contributed by atoms with Crippen molar-refractivity contribution in [3.63, 3.8) is 0 Å². The minimum absolute atomic E-state index is 0.0389. The summed E-state index contributed by atoms with van der Waals surface area (Å²) in [5, 5.41) is 8.00. The third kappa shape index (κ3) is 4.82. The molecule has 0 radical (unpaired) electrons. The minimum atomic E-state index is -0.555. The number of hydrogen-bond donors (Lipinski definition) is 1. The molecular weight excluding hydrogens is 430 g/mol. The number of ether oxygens (including phenoxy) is 2. The van der Waals surface area contributed by atoms with Crippen LogP contribution in [0.4, 0.5) is 5.69 Å². The molecule has 1 N–H and O–H groups in total. The van der Waals surface area contributed by atoms with Gasteiger partial charge in [0.05, 0.1) is 19.2 Å². The monoisotopic (exact) mass is 449 g/mol. The molecule has 3 rings (SSSR count). The van der Waals surface area contributed by atoms with E-state index in [0.717, 1.165) is 5.69 Å². The summed E-state index contributed by atoms with van der Waals surface area (Å²) in [6.45, 7) is 3.19. The molecule has 0 spiro atoms. The third-order valence-corrected chi connectivity index (χ3v) is 5.11. The van der Waals surface area contributed by atoms with Crippen molar-refractivity contribution in [3.05, 3.63) is 40.2 Å². The van der Waals surface area contributed by atoms with Crippen LogP contribution in [0.2, 0.25) is 5.02 Å². The molecule has 11 heteroatoms. The summed E-state index contributed by atoms with van der Waals surface area (Å²) in [6, 6.07) is 4.82. The van der Waals surface area contributed by atoms with E-state index >= 15 is 0 Å². The fourth-order valence-electron chi connectivity index (χ4n) is 2.84. The molecule has 0 fully saturated rings. The highest BCUT2D eigenvalue weighted by Crippen LogP contribution is 2.27. The second-order valence-corrected chi connectivity index (χ2v) is 7.51. The van der Waals surface area contributed by atoms with Gasteiger partial charge in [-0.2, -0.15) is 4.98 Å². The van der Waals surface area contributed by atoms with Crippen molar-refractivity contribution in [1.82, 2.24) is 19.6 Å². The van der Waals surface area contributed by atoms with E-state index in [4.69, 9.17) is 21.1 Å². The topological polar surface area (TPSA) is 108 Å². The van der Waals surface area contributed by atoms with Crippen molar-refractivity contribution in [1.29, 1.82) is 0 Å². The predicted molar refractivity (Wildman–Crippen MR) is 113 cm³/mol. The number of carbonyl (C=O) groups excluding carboxylic acids is 2. The zero-order chi connectivity index (χ0) is 21.8. The lowest BCUT2D eigenvalue weighted by Crippen LogP contribution is -2.22. The number of halogens is 1. The van der Waals surface area contributed by atoms with Gasteiger partial charge >= 0.3 is 5.97 Å². The number of nitrogens with zero attached hydrogens (tertiary/aromatic N) is 4. The minimum Gasteiger partial charge on any atom is -0.495 e. The number of aryl methyl sites for hydroxylation is 2. The Morgan fingerprint density at radius 2 is 2.03 bits per heavy atom. The molecule has 1 amide bonds. The maximum Gasteiger partial charge on any atom is 0.310 e. The van der Waals surface area contributed by atoms with E-state index in [1.807, 2.05) is 13.2 Å². The van der Waals surface area contributed by atoms with E-state index in [1.54, 1.807) is 29.6 Å². The van der Waals surface area contributed by atoms with Crippen molar-refractivity contribution < 1.29 is 19.1 Å². The number of aromatic nitrogens is 4. The number of hydrogen-bond acceptors (Lipinski definition) is 8. The van der Waals surface area contributed by atoms with Gasteiger partial charge in [0.1, 0.15) is 5.75 Å². The number of nitrogens with one attached hydrogen (secondary N) is 1. The molecule has 3 aromatic rings. The third-order valence-electron chi connectivity index (χ3n) is 4.33. The van der Waals surface area contributed by atoms with Gasteiger partial charge < -0.3 is 14.8 Å². The molecule has 2 heterocycles. The Balaban J connectivity index is 1.65. The summed E-state index contributed by atoms with van der Waals surface area (Å²) in [5.41, 5.74) is 2.48. The van der Waals surface area contributed by atoms with Gasteiger partial charge in [0.25, 0.3) is 11.7 Å². The molecule has 0 saturated carbocycles. The smallest absolute Gasteiger partial charge is 0.310 e. The summed E-state index contributed by atoms with van der Waals surface area (Å²) in [5.74, 6) is -0.143. The van der Waals surface area contributed by atoms with Crippen LogP contribution in [0.15, 0.2) is 23.4 Å². The van der Waals surface area contributed by atoms with Crippen LogP contribution in [-0.4, -0.2) is 51.4 Å². The van der Waals surface area contributed by atoms with Gasteiger partial charge in [-0.3, -0.25) is 9.59 Å². The normalized spacial score (nSPS) is 10.8. The first-order valence-corrected chi connectivity index (χ1v) is 10.5. The summed E-state index contributed by atoms with van der Waals surface area (Å²) < 4.78 is 11.9. The Hall–Kier alpha value is -2.85. The summed E-state index contributed by atoms with van der Waals surface area (Å²) >= 11 is 7.35. The highest BCUT2D eigenvalue weighted by molar-refractivity contribution is 7.98. The van der Waals surface area contributed by atoms with E-state index < -0.39 is 18.5 Å². The lowest BCUT2D eigenvalue weighted by molar-refractivity contribution is -0.146. The fourth-order valence-corrected chi connectivity index (χ4v) is 3.35. The van der Waals surface area contributed by atoms with Gasteiger partial charge in [-0.25, -0.2) is 9.50 Å². The number of fused-ring (bicyclic) bond motifs is 1. The van der Waals surface area contributed by atoms with Crippen molar-refractivity contribution in [3.8, 4) is 5.75 Å². The van der Waals surface area contributed by atoms with Gasteiger partial charge in [-0.15, -0.1) is 5.10 Å². The Labute approximate surface area is 182 Å². The maximum absolute atomic E-state index is 12.3. The van der Waals surface area contributed by atoms with Crippen molar-refractivity contribution >= 4 is 46.7 Å². The van der Waals surface area contributed by atoms with Gasteiger partial charge in [0.2, 0.25) is 5.16 Å². The molecule has 0 bridgehead atoms. The van der Waals surface area contributed by atoms with E-state index in [2.05, 4.69) is 20.4 Å². The lowest BCUT2D eigenvalue weighted by atomic mass is 10.1. The molecule has 0 saturated heterocycles. The molecular formula is C19H20ClN5O4S. The number of benzene rings is 1. The molecule has 0 aliphatic heterocycles. The van der Waals surface area contributed by atoms with Crippen LogP contribution >= 0.6 is 23.4 Å². The Morgan fingerprint density at radius 3 is 2.73 bits per heavy atom. The second kappa shape index (κ2) is 9.31. The van der Waals surface area contributed by atoms with Crippen molar-refractivity contribution in [2.24, 2.45) is 0 Å². The van der Waals surface area contributed by atoms with Crippen molar-refractivity contribution in [2.75, 3.05) is 25.3 Å². The Bertz CT molecular complexity index is 1120. The summed E-state index contributed by atoms with van der Waals surface area (Å²) in [7, 11) is 1.48. The van der Waals surface area contributed by atoms with Gasteiger partial charge in [-0.05, 0) is 38.3 Å². The molecule has 0 aliphatic rings. The van der Waals surface area contributed by atoms with E-state index in [1.165, 1.54) is 18.9 Å². The van der Waals surface area contributed by atoms with Gasteiger partial charge in [0, 0.05) is 22.0 Å². The van der Waals surface area contributed by atoms with Crippen LogP contribution in [-0.2, 0) is 20.7 Å².